The number of hydrogen-bond acceptors (Lipinski definition) is 6. The molecule has 0 aliphatic rings. The van der Waals surface area contributed by atoms with Gasteiger partial charge in [0.1, 0.15) is 5.01 Å². The van der Waals surface area contributed by atoms with Crippen molar-refractivity contribution >= 4 is 28.9 Å². The number of amides is 1. The minimum Gasteiger partial charge on any atom is -0.455 e. The molecule has 1 N–H and O–H groups in total. The number of carbonyl (C=O) groups is 2. The monoisotopic (exact) mass is 391 g/mol. The lowest BCUT2D eigenvalue weighted by Gasteiger charge is -2.06. The molecule has 28 heavy (non-hydrogen) atoms. The van der Waals surface area contributed by atoms with E-state index < -0.39 is 11.9 Å². The fourth-order valence-electron chi connectivity index (χ4n) is 2.39. The molecule has 3 aromatic rings. The van der Waals surface area contributed by atoms with Gasteiger partial charge in [0, 0.05) is 16.6 Å². The van der Waals surface area contributed by atoms with Gasteiger partial charge in [-0.2, -0.15) is 5.26 Å². The summed E-state index contributed by atoms with van der Waals surface area (Å²) >= 11 is 1.46. The van der Waals surface area contributed by atoms with E-state index in [4.69, 9.17) is 10.00 Å². The second-order valence-corrected chi connectivity index (χ2v) is 6.94. The molecule has 0 aliphatic carbocycles. The molecule has 0 saturated carbocycles. The molecule has 1 amide bonds. The highest BCUT2D eigenvalue weighted by Gasteiger charge is 2.12. The largest absolute Gasteiger partial charge is 0.455 e. The molecular formula is C21H17N3O3S. The molecule has 1 heterocycles. The standard InChI is InChI=1S/C21H17N3O3S/c1-14-2-6-16(7-3-14)21-24-18(13-28-21)10-20(26)27-12-19(25)23-17-8-4-15(11-22)5-9-17/h2-9,13H,10,12H2,1H3,(H,23,25). The van der Waals surface area contributed by atoms with E-state index in [1.165, 1.54) is 16.9 Å². The Labute approximate surface area is 166 Å². The molecule has 0 aliphatic heterocycles. The lowest BCUT2D eigenvalue weighted by atomic mass is 10.2. The third-order valence-electron chi connectivity index (χ3n) is 3.84. The van der Waals surface area contributed by atoms with Gasteiger partial charge in [-0.25, -0.2) is 4.98 Å². The predicted octanol–water partition coefficient (Wildman–Crippen LogP) is 3.71. The van der Waals surface area contributed by atoms with Crippen molar-refractivity contribution in [3.8, 4) is 16.6 Å². The first-order valence-electron chi connectivity index (χ1n) is 8.50. The highest BCUT2D eigenvalue weighted by Crippen LogP contribution is 2.24. The van der Waals surface area contributed by atoms with Gasteiger partial charge in [0.15, 0.2) is 6.61 Å². The summed E-state index contributed by atoms with van der Waals surface area (Å²) in [5, 5.41) is 14.0. The van der Waals surface area contributed by atoms with Crippen LogP contribution in [0.3, 0.4) is 0 Å². The number of thiazole rings is 1. The van der Waals surface area contributed by atoms with Gasteiger partial charge in [-0.15, -0.1) is 11.3 Å². The van der Waals surface area contributed by atoms with Crippen LogP contribution < -0.4 is 5.32 Å². The molecule has 0 bridgehead atoms. The fraction of sp³-hybridized carbons (Fsp3) is 0.143. The highest BCUT2D eigenvalue weighted by molar-refractivity contribution is 7.13. The minimum absolute atomic E-state index is 0.00646. The number of nitrogens with one attached hydrogen (secondary N) is 1. The van der Waals surface area contributed by atoms with E-state index in [0.717, 1.165) is 10.6 Å². The Hall–Kier alpha value is -3.50. The van der Waals surface area contributed by atoms with Crippen LogP contribution in [0.2, 0.25) is 0 Å². The molecule has 0 spiro atoms. The number of carbonyl (C=O) groups excluding carboxylic acids is 2. The normalized spacial score (nSPS) is 10.1. The molecule has 0 atom stereocenters. The van der Waals surface area contributed by atoms with Crippen LogP contribution >= 0.6 is 11.3 Å². The lowest BCUT2D eigenvalue weighted by Crippen LogP contribution is -2.21. The van der Waals surface area contributed by atoms with Gasteiger partial charge in [-0.1, -0.05) is 29.8 Å². The maximum atomic E-state index is 12.0. The summed E-state index contributed by atoms with van der Waals surface area (Å²) in [6.07, 6.45) is 0.00646. The molecule has 0 fully saturated rings. The average Bonchev–Trinajstić information content (AvgIpc) is 3.16. The van der Waals surface area contributed by atoms with Crippen molar-refractivity contribution in [2.45, 2.75) is 13.3 Å². The van der Waals surface area contributed by atoms with E-state index >= 15 is 0 Å². The van der Waals surface area contributed by atoms with Crippen LogP contribution in [0.1, 0.15) is 16.8 Å². The molecule has 140 valence electrons. The topological polar surface area (TPSA) is 92.1 Å². The smallest absolute Gasteiger partial charge is 0.312 e. The van der Waals surface area contributed by atoms with Crippen molar-refractivity contribution < 1.29 is 14.3 Å². The van der Waals surface area contributed by atoms with Gasteiger partial charge in [0.05, 0.1) is 23.7 Å². The third kappa shape index (κ3) is 5.25. The Morgan fingerprint density at radius 1 is 1.14 bits per heavy atom. The SMILES string of the molecule is Cc1ccc(-c2nc(CC(=O)OCC(=O)Nc3ccc(C#N)cc3)cs2)cc1. The molecular weight excluding hydrogens is 374 g/mol. The van der Waals surface area contributed by atoms with Crippen LogP contribution in [-0.2, 0) is 20.7 Å². The minimum atomic E-state index is -0.518. The van der Waals surface area contributed by atoms with Crippen LogP contribution in [0.25, 0.3) is 10.6 Å². The number of rotatable bonds is 6. The molecule has 1 aromatic heterocycles. The van der Waals surface area contributed by atoms with Crippen molar-refractivity contribution in [1.82, 2.24) is 4.98 Å². The Kier molecular flexibility index (Phi) is 6.14. The van der Waals surface area contributed by atoms with Crippen molar-refractivity contribution in [3.05, 3.63) is 70.7 Å². The van der Waals surface area contributed by atoms with E-state index in [1.54, 1.807) is 24.3 Å². The maximum absolute atomic E-state index is 12.0. The van der Waals surface area contributed by atoms with Gasteiger partial charge < -0.3 is 10.1 Å². The average molecular weight is 391 g/mol. The Morgan fingerprint density at radius 2 is 1.86 bits per heavy atom. The molecule has 0 unspecified atom stereocenters. The first-order chi connectivity index (χ1) is 13.5. The van der Waals surface area contributed by atoms with E-state index in [2.05, 4.69) is 10.3 Å². The van der Waals surface area contributed by atoms with Crippen LogP contribution in [0.15, 0.2) is 53.9 Å². The van der Waals surface area contributed by atoms with Gasteiger partial charge in [0.2, 0.25) is 0 Å². The molecule has 7 heteroatoms. The Bertz CT molecular complexity index is 1020. The first kappa shape index (κ1) is 19.3. The second-order valence-electron chi connectivity index (χ2n) is 6.08. The van der Waals surface area contributed by atoms with E-state index in [-0.39, 0.29) is 13.0 Å². The summed E-state index contributed by atoms with van der Waals surface area (Å²) in [5.41, 5.74) is 3.80. The van der Waals surface area contributed by atoms with Crippen molar-refractivity contribution in [2.75, 3.05) is 11.9 Å². The van der Waals surface area contributed by atoms with E-state index in [9.17, 15) is 9.59 Å². The quantitative estimate of drug-likeness (QED) is 0.647. The van der Waals surface area contributed by atoms with Crippen LogP contribution in [0.4, 0.5) is 5.69 Å². The van der Waals surface area contributed by atoms with Crippen molar-refractivity contribution in [2.24, 2.45) is 0 Å². The number of benzene rings is 2. The summed E-state index contributed by atoms with van der Waals surface area (Å²) in [5.74, 6) is -0.965. The predicted molar refractivity (Wildman–Crippen MR) is 107 cm³/mol. The van der Waals surface area contributed by atoms with E-state index in [1.807, 2.05) is 42.6 Å². The summed E-state index contributed by atoms with van der Waals surface area (Å²) in [7, 11) is 0. The number of esters is 1. The maximum Gasteiger partial charge on any atom is 0.312 e. The summed E-state index contributed by atoms with van der Waals surface area (Å²) < 4.78 is 5.02. The zero-order valence-electron chi connectivity index (χ0n) is 15.1. The van der Waals surface area contributed by atoms with Crippen LogP contribution in [-0.4, -0.2) is 23.5 Å². The molecule has 3 rings (SSSR count). The van der Waals surface area contributed by atoms with Crippen molar-refractivity contribution in [1.29, 1.82) is 5.26 Å². The number of aromatic nitrogens is 1. The molecule has 0 radical (unpaired) electrons. The van der Waals surface area contributed by atoms with Gasteiger partial charge in [0.25, 0.3) is 5.91 Å². The first-order valence-corrected chi connectivity index (χ1v) is 9.38. The molecule has 6 nitrogen and oxygen atoms in total. The number of nitrogens with zero attached hydrogens (tertiary/aromatic N) is 2. The lowest BCUT2D eigenvalue weighted by molar-refractivity contribution is -0.146. The number of ether oxygens (including phenoxy) is 1. The summed E-state index contributed by atoms with van der Waals surface area (Å²) in [4.78, 5) is 28.3. The zero-order valence-corrected chi connectivity index (χ0v) is 16.0. The molecule has 2 aromatic carbocycles. The Balaban J connectivity index is 1.48. The third-order valence-corrected chi connectivity index (χ3v) is 4.78. The summed E-state index contributed by atoms with van der Waals surface area (Å²) in [6.45, 7) is 1.64. The van der Waals surface area contributed by atoms with Gasteiger partial charge in [-0.3, -0.25) is 9.59 Å². The van der Waals surface area contributed by atoms with Gasteiger partial charge >= 0.3 is 5.97 Å². The number of nitriles is 1. The van der Waals surface area contributed by atoms with E-state index in [0.29, 0.717) is 16.9 Å². The second kappa shape index (κ2) is 8.93. The van der Waals surface area contributed by atoms with Crippen LogP contribution in [0.5, 0.6) is 0 Å². The highest BCUT2D eigenvalue weighted by atomic mass is 32.1. The Morgan fingerprint density at radius 3 is 2.54 bits per heavy atom. The number of hydrogen-bond donors (Lipinski definition) is 1. The number of anilines is 1. The number of aryl methyl sites for hydroxylation is 1. The zero-order chi connectivity index (χ0) is 19.9. The van der Waals surface area contributed by atoms with Crippen molar-refractivity contribution in [3.63, 3.8) is 0 Å². The molecule has 0 saturated heterocycles. The summed E-state index contributed by atoms with van der Waals surface area (Å²) in [6, 6.07) is 16.4. The fourth-order valence-corrected chi connectivity index (χ4v) is 3.21. The van der Waals surface area contributed by atoms with Crippen LogP contribution in [0, 0.1) is 18.3 Å². The van der Waals surface area contributed by atoms with Gasteiger partial charge in [-0.05, 0) is 31.2 Å².